The molecule has 3 rings (SSSR count). The monoisotopic (exact) mass is 251 g/mol. The summed E-state index contributed by atoms with van der Waals surface area (Å²) in [7, 11) is 0. The van der Waals surface area contributed by atoms with Crippen LogP contribution in [0.1, 0.15) is 11.3 Å². The Labute approximate surface area is 109 Å². The van der Waals surface area contributed by atoms with E-state index in [9.17, 15) is 4.39 Å². The van der Waals surface area contributed by atoms with Gasteiger partial charge in [-0.15, -0.1) is 0 Å². The molecule has 0 aliphatic carbocycles. The molecule has 0 radical (unpaired) electrons. The van der Waals surface area contributed by atoms with Crippen LogP contribution >= 0.6 is 0 Å². The van der Waals surface area contributed by atoms with Gasteiger partial charge in [-0.1, -0.05) is 18.2 Å². The first-order valence-electron chi connectivity index (χ1n) is 5.83. The Morgan fingerprint density at radius 1 is 0.947 bits per heavy atom. The second-order valence-electron chi connectivity index (χ2n) is 4.03. The molecule has 0 aliphatic rings. The SMILES string of the molecule is Fc1ccc(/C=C/c2cnc3cccnc3n2)cc1. The third-order valence-corrected chi connectivity index (χ3v) is 2.65. The molecule has 0 amide bonds. The summed E-state index contributed by atoms with van der Waals surface area (Å²) < 4.78 is 12.8. The molecular weight excluding hydrogens is 241 g/mol. The molecule has 1 aromatic carbocycles. The number of hydrogen-bond donors (Lipinski definition) is 0. The molecule has 0 atom stereocenters. The van der Waals surface area contributed by atoms with E-state index in [2.05, 4.69) is 15.0 Å². The highest BCUT2D eigenvalue weighted by atomic mass is 19.1. The predicted molar refractivity (Wildman–Crippen MR) is 72.7 cm³/mol. The number of aromatic nitrogens is 3. The third-order valence-electron chi connectivity index (χ3n) is 2.65. The lowest BCUT2D eigenvalue weighted by Crippen LogP contribution is -1.89. The van der Waals surface area contributed by atoms with Crippen molar-refractivity contribution in [3.8, 4) is 0 Å². The fourth-order valence-corrected chi connectivity index (χ4v) is 1.70. The van der Waals surface area contributed by atoms with Crippen LogP contribution in [-0.2, 0) is 0 Å². The fourth-order valence-electron chi connectivity index (χ4n) is 1.70. The number of hydrogen-bond acceptors (Lipinski definition) is 3. The molecule has 3 nitrogen and oxygen atoms in total. The molecule has 19 heavy (non-hydrogen) atoms. The zero-order chi connectivity index (χ0) is 13.1. The van der Waals surface area contributed by atoms with E-state index in [1.807, 2.05) is 24.3 Å². The highest BCUT2D eigenvalue weighted by Crippen LogP contribution is 2.10. The maximum absolute atomic E-state index is 12.8. The summed E-state index contributed by atoms with van der Waals surface area (Å²) in [6.45, 7) is 0. The minimum absolute atomic E-state index is 0.244. The van der Waals surface area contributed by atoms with Gasteiger partial charge in [-0.25, -0.2) is 14.4 Å². The van der Waals surface area contributed by atoms with E-state index in [-0.39, 0.29) is 5.82 Å². The minimum atomic E-state index is -0.244. The Morgan fingerprint density at radius 2 is 1.79 bits per heavy atom. The Bertz CT molecular complexity index is 736. The lowest BCUT2D eigenvalue weighted by molar-refractivity contribution is 0.628. The van der Waals surface area contributed by atoms with Gasteiger partial charge in [0.05, 0.1) is 11.9 Å². The van der Waals surface area contributed by atoms with E-state index in [1.165, 1.54) is 12.1 Å². The van der Waals surface area contributed by atoms with Crippen molar-refractivity contribution in [3.05, 3.63) is 65.9 Å². The largest absolute Gasteiger partial charge is 0.251 e. The van der Waals surface area contributed by atoms with Crippen LogP contribution in [0.15, 0.2) is 48.8 Å². The summed E-state index contributed by atoms with van der Waals surface area (Å²) in [6.07, 6.45) is 7.06. The van der Waals surface area contributed by atoms with Crippen LogP contribution in [-0.4, -0.2) is 15.0 Å². The number of halogens is 1. The van der Waals surface area contributed by atoms with Crippen LogP contribution in [0.2, 0.25) is 0 Å². The molecule has 4 heteroatoms. The minimum Gasteiger partial charge on any atom is -0.251 e. The fraction of sp³-hybridized carbons (Fsp3) is 0. The average molecular weight is 251 g/mol. The average Bonchev–Trinajstić information content (AvgIpc) is 2.46. The Morgan fingerprint density at radius 3 is 2.63 bits per heavy atom. The topological polar surface area (TPSA) is 38.7 Å². The lowest BCUT2D eigenvalue weighted by atomic mass is 10.2. The quantitative estimate of drug-likeness (QED) is 0.701. The molecule has 0 fully saturated rings. The van der Waals surface area contributed by atoms with Gasteiger partial charge in [0.15, 0.2) is 5.65 Å². The summed E-state index contributed by atoms with van der Waals surface area (Å²) in [4.78, 5) is 12.8. The standard InChI is InChI=1S/C15H10FN3/c16-12-6-3-11(4-7-12)5-8-13-10-18-14-2-1-9-17-15(14)19-13/h1-10H/b8-5+. The van der Waals surface area contributed by atoms with E-state index in [0.717, 1.165) is 16.8 Å². The highest BCUT2D eigenvalue weighted by Gasteiger charge is 1.97. The first-order valence-corrected chi connectivity index (χ1v) is 5.83. The number of pyridine rings is 1. The van der Waals surface area contributed by atoms with Crippen LogP contribution in [0.5, 0.6) is 0 Å². The molecule has 3 aromatic rings. The second-order valence-corrected chi connectivity index (χ2v) is 4.03. The first kappa shape index (κ1) is 11.5. The van der Waals surface area contributed by atoms with Crippen LogP contribution in [0.25, 0.3) is 23.3 Å². The molecule has 0 saturated carbocycles. The number of nitrogens with zero attached hydrogens (tertiary/aromatic N) is 3. The van der Waals surface area contributed by atoms with E-state index in [4.69, 9.17) is 0 Å². The zero-order valence-corrected chi connectivity index (χ0v) is 9.99. The zero-order valence-electron chi connectivity index (χ0n) is 9.99. The van der Waals surface area contributed by atoms with Gasteiger partial charge in [0, 0.05) is 6.20 Å². The molecule has 2 aromatic heterocycles. The first-order chi connectivity index (χ1) is 9.31. The van der Waals surface area contributed by atoms with Crippen molar-refractivity contribution < 1.29 is 4.39 Å². The normalized spacial score (nSPS) is 11.2. The number of fused-ring (bicyclic) bond motifs is 1. The maximum atomic E-state index is 12.8. The molecule has 0 unspecified atom stereocenters. The predicted octanol–water partition coefficient (Wildman–Crippen LogP) is 3.33. The summed E-state index contributed by atoms with van der Waals surface area (Å²) in [5.41, 5.74) is 3.00. The van der Waals surface area contributed by atoms with Crippen molar-refractivity contribution in [2.45, 2.75) is 0 Å². The third kappa shape index (κ3) is 2.63. The Kier molecular flexibility index (Phi) is 2.98. The van der Waals surface area contributed by atoms with Gasteiger partial charge in [-0.3, -0.25) is 4.98 Å². The highest BCUT2D eigenvalue weighted by molar-refractivity contribution is 5.73. The molecule has 2 heterocycles. The number of benzene rings is 1. The molecule has 0 saturated heterocycles. The van der Waals surface area contributed by atoms with Gasteiger partial charge >= 0.3 is 0 Å². The van der Waals surface area contributed by atoms with Crippen molar-refractivity contribution in [3.63, 3.8) is 0 Å². The molecule has 0 N–H and O–H groups in total. The second kappa shape index (κ2) is 4.94. The van der Waals surface area contributed by atoms with Gasteiger partial charge in [0.25, 0.3) is 0 Å². The van der Waals surface area contributed by atoms with Crippen molar-refractivity contribution in [1.29, 1.82) is 0 Å². The van der Waals surface area contributed by atoms with Crippen molar-refractivity contribution in [2.24, 2.45) is 0 Å². The van der Waals surface area contributed by atoms with E-state index in [0.29, 0.717) is 5.65 Å². The van der Waals surface area contributed by atoms with Crippen molar-refractivity contribution >= 4 is 23.3 Å². The molecule has 0 bridgehead atoms. The number of rotatable bonds is 2. The van der Waals surface area contributed by atoms with Crippen molar-refractivity contribution in [2.75, 3.05) is 0 Å². The van der Waals surface area contributed by atoms with Gasteiger partial charge in [0.2, 0.25) is 0 Å². The summed E-state index contributed by atoms with van der Waals surface area (Å²) in [6, 6.07) is 9.95. The van der Waals surface area contributed by atoms with E-state index in [1.54, 1.807) is 24.5 Å². The smallest absolute Gasteiger partial charge is 0.178 e. The molecular formula is C15H10FN3. The van der Waals surface area contributed by atoms with Crippen molar-refractivity contribution in [1.82, 2.24) is 15.0 Å². The summed E-state index contributed by atoms with van der Waals surface area (Å²) >= 11 is 0. The maximum Gasteiger partial charge on any atom is 0.178 e. The van der Waals surface area contributed by atoms with Gasteiger partial charge in [-0.05, 0) is 35.9 Å². The van der Waals surface area contributed by atoms with E-state index < -0.39 is 0 Å². The molecule has 92 valence electrons. The Balaban J connectivity index is 1.90. The van der Waals surface area contributed by atoms with Gasteiger partial charge < -0.3 is 0 Å². The van der Waals surface area contributed by atoms with Crippen LogP contribution in [0.3, 0.4) is 0 Å². The van der Waals surface area contributed by atoms with E-state index >= 15 is 0 Å². The summed E-state index contributed by atoms with van der Waals surface area (Å²) in [5.74, 6) is -0.244. The van der Waals surface area contributed by atoms with Gasteiger partial charge in [0.1, 0.15) is 11.3 Å². The van der Waals surface area contributed by atoms with Gasteiger partial charge in [-0.2, -0.15) is 0 Å². The van der Waals surface area contributed by atoms with Crippen LogP contribution in [0.4, 0.5) is 4.39 Å². The lowest BCUT2D eigenvalue weighted by Gasteiger charge is -1.97. The van der Waals surface area contributed by atoms with Crippen LogP contribution < -0.4 is 0 Å². The molecule has 0 spiro atoms. The molecule has 0 aliphatic heterocycles. The van der Waals surface area contributed by atoms with Crippen LogP contribution in [0, 0.1) is 5.82 Å². The summed E-state index contributed by atoms with van der Waals surface area (Å²) in [5, 5.41) is 0. The Hall–Kier alpha value is -2.62.